The van der Waals surface area contributed by atoms with Gasteiger partial charge in [0.25, 0.3) is 0 Å². The zero-order valence-electron chi connectivity index (χ0n) is 19.6. The molecule has 2 unspecified atom stereocenters. The summed E-state index contributed by atoms with van der Waals surface area (Å²) < 4.78 is 6.23. The Hall–Kier alpha value is -2.33. The van der Waals surface area contributed by atoms with Crippen LogP contribution in [-0.4, -0.2) is 29.4 Å². The van der Waals surface area contributed by atoms with Gasteiger partial charge in [-0.2, -0.15) is 0 Å². The van der Waals surface area contributed by atoms with Crippen LogP contribution in [0.4, 0.5) is 0 Å². The first-order valence-electron chi connectivity index (χ1n) is 12.6. The van der Waals surface area contributed by atoms with Crippen molar-refractivity contribution in [3.05, 3.63) is 65.8 Å². The molecule has 5 aliphatic rings. The number of hydrogen-bond acceptors (Lipinski definition) is 3. The molecule has 4 heteroatoms. The minimum absolute atomic E-state index is 0.120. The number of ether oxygens (including phenoxy) is 1. The van der Waals surface area contributed by atoms with E-state index in [2.05, 4.69) is 12.1 Å². The summed E-state index contributed by atoms with van der Waals surface area (Å²) in [6.45, 7) is 2.50. The number of carbonyl (C=O) groups is 1. The standard InChI is InChI=1S/C29H36O4/c1-2-9-29(27(31)32)10-4-3-6-24(29)23-7-8-26(33-12-5-11-30)25(16-23)28-17-20-13-21(18-28)15-22(14-20)19-28/h2-4,6-10,16,20-22,24,30H,5,11-15,17-19H2,1H3,(H,31,32). The fourth-order valence-electron chi connectivity index (χ4n) is 7.72. The van der Waals surface area contributed by atoms with Gasteiger partial charge in [-0.25, -0.2) is 0 Å². The first kappa shape index (κ1) is 22.5. The molecule has 4 fully saturated rings. The van der Waals surface area contributed by atoms with Crippen molar-refractivity contribution in [3.8, 4) is 5.75 Å². The largest absolute Gasteiger partial charge is 0.493 e. The van der Waals surface area contributed by atoms with Crippen LogP contribution < -0.4 is 4.74 Å². The molecule has 4 saturated carbocycles. The molecule has 0 radical (unpaired) electrons. The maximum atomic E-state index is 12.5. The molecule has 6 rings (SSSR count). The van der Waals surface area contributed by atoms with Gasteiger partial charge in [0.2, 0.25) is 0 Å². The number of carboxylic acids is 1. The number of benzene rings is 1. The van der Waals surface area contributed by atoms with E-state index >= 15 is 0 Å². The molecule has 0 heterocycles. The van der Waals surface area contributed by atoms with Crippen LogP contribution in [0.5, 0.6) is 5.75 Å². The Morgan fingerprint density at radius 1 is 1.12 bits per heavy atom. The number of rotatable bonds is 8. The number of aliphatic hydroxyl groups excluding tert-OH is 1. The van der Waals surface area contributed by atoms with Crippen LogP contribution in [0.1, 0.15) is 68.9 Å². The molecule has 1 aromatic carbocycles. The van der Waals surface area contributed by atoms with Gasteiger partial charge >= 0.3 is 5.97 Å². The average Bonchev–Trinajstić information content (AvgIpc) is 2.79. The van der Waals surface area contributed by atoms with Gasteiger partial charge in [-0.3, -0.25) is 4.79 Å². The lowest BCUT2D eigenvalue weighted by Gasteiger charge is -2.57. The van der Waals surface area contributed by atoms with Crippen molar-refractivity contribution in [2.75, 3.05) is 13.2 Å². The van der Waals surface area contributed by atoms with Gasteiger partial charge in [0.1, 0.15) is 11.2 Å². The van der Waals surface area contributed by atoms with Crippen molar-refractivity contribution in [3.63, 3.8) is 0 Å². The molecule has 0 aromatic heterocycles. The Morgan fingerprint density at radius 3 is 2.42 bits per heavy atom. The molecular weight excluding hydrogens is 412 g/mol. The summed E-state index contributed by atoms with van der Waals surface area (Å²) in [6, 6.07) is 6.39. The van der Waals surface area contributed by atoms with E-state index in [0.717, 1.165) is 29.1 Å². The smallest absolute Gasteiger partial charge is 0.318 e. The SMILES string of the molecule is CC=CC1(C(=O)O)C=CC=CC1c1ccc(OCCCO)c(C23CC4CC(CC(C4)C2)C3)c1. The summed E-state index contributed by atoms with van der Waals surface area (Å²) in [5.41, 5.74) is 1.37. The van der Waals surface area contributed by atoms with E-state index in [4.69, 9.17) is 4.74 Å². The van der Waals surface area contributed by atoms with E-state index in [0.29, 0.717) is 13.0 Å². The third-order valence-electron chi connectivity index (χ3n) is 8.65. The predicted molar refractivity (Wildman–Crippen MR) is 129 cm³/mol. The van der Waals surface area contributed by atoms with Gasteiger partial charge in [0.15, 0.2) is 0 Å². The zero-order valence-corrected chi connectivity index (χ0v) is 19.6. The number of carboxylic acid groups (broad SMARTS) is 1. The highest BCUT2D eigenvalue weighted by Crippen LogP contribution is 2.62. The van der Waals surface area contributed by atoms with Crippen molar-refractivity contribution in [2.45, 2.75) is 63.2 Å². The highest BCUT2D eigenvalue weighted by Gasteiger charge is 2.53. The van der Waals surface area contributed by atoms with E-state index in [9.17, 15) is 15.0 Å². The second kappa shape index (κ2) is 8.79. The number of aliphatic carboxylic acids is 1. The molecule has 1 aromatic rings. The molecule has 0 saturated heterocycles. The van der Waals surface area contributed by atoms with Crippen molar-refractivity contribution in [2.24, 2.45) is 23.2 Å². The molecule has 5 aliphatic carbocycles. The molecule has 176 valence electrons. The number of aliphatic hydroxyl groups is 1. The molecule has 2 atom stereocenters. The van der Waals surface area contributed by atoms with Crippen LogP contribution in [0, 0.1) is 23.2 Å². The fourth-order valence-corrected chi connectivity index (χ4v) is 7.72. The molecule has 4 nitrogen and oxygen atoms in total. The Bertz CT molecular complexity index is 952. The molecular formula is C29H36O4. The van der Waals surface area contributed by atoms with Gasteiger partial charge in [-0.1, -0.05) is 48.6 Å². The fraction of sp³-hybridized carbons (Fsp3) is 0.552. The average molecular weight is 449 g/mol. The van der Waals surface area contributed by atoms with Gasteiger partial charge in [0, 0.05) is 24.5 Å². The third kappa shape index (κ3) is 3.86. The van der Waals surface area contributed by atoms with Crippen LogP contribution in [-0.2, 0) is 10.2 Å². The van der Waals surface area contributed by atoms with E-state index in [1.807, 2.05) is 49.4 Å². The first-order valence-corrected chi connectivity index (χ1v) is 12.6. The maximum Gasteiger partial charge on any atom is 0.318 e. The van der Waals surface area contributed by atoms with Crippen molar-refractivity contribution < 1.29 is 19.7 Å². The third-order valence-corrected chi connectivity index (χ3v) is 8.65. The lowest BCUT2D eigenvalue weighted by molar-refractivity contribution is -0.144. The maximum absolute atomic E-state index is 12.5. The zero-order chi connectivity index (χ0) is 23.1. The van der Waals surface area contributed by atoms with Crippen LogP contribution in [0.15, 0.2) is 54.7 Å². The highest BCUT2D eigenvalue weighted by molar-refractivity contribution is 5.82. The Balaban J connectivity index is 1.59. The summed E-state index contributed by atoms with van der Waals surface area (Å²) >= 11 is 0. The predicted octanol–water partition coefficient (Wildman–Crippen LogP) is 5.77. The lowest BCUT2D eigenvalue weighted by Crippen LogP contribution is -2.48. The van der Waals surface area contributed by atoms with Crippen molar-refractivity contribution >= 4 is 5.97 Å². The van der Waals surface area contributed by atoms with Crippen LogP contribution in [0.3, 0.4) is 0 Å². The number of allylic oxidation sites excluding steroid dienone is 4. The lowest BCUT2D eigenvalue weighted by atomic mass is 9.48. The van der Waals surface area contributed by atoms with Crippen LogP contribution in [0.25, 0.3) is 0 Å². The molecule has 33 heavy (non-hydrogen) atoms. The number of hydrogen-bond donors (Lipinski definition) is 2. The summed E-state index contributed by atoms with van der Waals surface area (Å²) in [5, 5.41) is 19.5. The van der Waals surface area contributed by atoms with E-state index in [1.165, 1.54) is 44.1 Å². The summed E-state index contributed by atoms with van der Waals surface area (Å²) in [7, 11) is 0. The van der Waals surface area contributed by atoms with E-state index in [1.54, 1.807) is 0 Å². The van der Waals surface area contributed by atoms with Gasteiger partial charge in [-0.05, 0) is 80.2 Å². The van der Waals surface area contributed by atoms with Crippen LogP contribution >= 0.6 is 0 Å². The molecule has 2 N–H and O–H groups in total. The summed E-state index contributed by atoms with van der Waals surface area (Å²) in [5.74, 6) is 2.26. The Labute approximate surface area is 197 Å². The molecule has 4 bridgehead atoms. The topological polar surface area (TPSA) is 66.8 Å². The Kier molecular flexibility index (Phi) is 5.98. The summed E-state index contributed by atoms with van der Waals surface area (Å²) in [6.07, 6.45) is 19.7. The quantitative estimate of drug-likeness (QED) is 0.391. The molecule has 0 aliphatic heterocycles. The minimum atomic E-state index is -1.08. The first-order chi connectivity index (χ1) is 16.0. The van der Waals surface area contributed by atoms with E-state index in [-0.39, 0.29) is 17.9 Å². The summed E-state index contributed by atoms with van der Waals surface area (Å²) in [4.78, 5) is 12.5. The second-order valence-electron chi connectivity index (χ2n) is 10.8. The second-order valence-corrected chi connectivity index (χ2v) is 10.8. The minimum Gasteiger partial charge on any atom is -0.493 e. The van der Waals surface area contributed by atoms with Gasteiger partial charge in [0.05, 0.1) is 6.61 Å². The highest BCUT2D eigenvalue weighted by atomic mass is 16.5. The van der Waals surface area contributed by atoms with Gasteiger partial charge in [-0.15, -0.1) is 0 Å². The van der Waals surface area contributed by atoms with Crippen molar-refractivity contribution in [1.82, 2.24) is 0 Å². The molecule has 0 spiro atoms. The van der Waals surface area contributed by atoms with Crippen molar-refractivity contribution in [1.29, 1.82) is 0 Å². The normalized spacial score (nSPS) is 36.5. The van der Waals surface area contributed by atoms with Crippen LogP contribution in [0.2, 0.25) is 0 Å². The van der Waals surface area contributed by atoms with Gasteiger partial charge < -0.3 is 14.9 Å². The molecule has 0 amide bonds. The Morgan fingerprint density at radius 2 is 1.82 bits per heavy atom. The monoisotopic (exact) mass is 448 g/mol. The van der Waals surface area contributed by atoms with E-state index < -0.39 is 11.4 Å².